The van der Waals surface area contributed by atoms with E-state index in [2.05, 4.69) is 84.4 Å². The number of ether oxygens (including phenoxy) is 2. The van der Waals surface area contributed by atoms with Crippen LogP contribution in [0.25, 0.3) is 0 Å². The minimum atomic E-state index is -4.78. The lowest BCUT2D eigenvalue weighted by Crippen LogP contribution is -2.29. The summed E-state index contributed by atoms with van der Waals surface area (Å²) in [5.41, 5.74) is 0. The van der Waals surface area contributed by atoms with Gasteiger partial charge in [-0.15, -0.1) is 0 Å². The van der Waals surface area contributed by atoms with Crippen LogP contribution < -0.4 is 0 Å². The third-order valence-electron chi connectivity index (χ3n) is 7.94. The lowest BCUT2D eigenvalue weighted by molar-refractivity contribution is -0.161. The summed E-state index contributed by atoms with van der Waals surface area (Å²) in [6.45, 7) is 1.59. The number of aliphatic hydroxyl groups is 1. The average Bonchev–Trinajstić information content (AvgIpc) is 3.13. The molecule has 0 radical (unpaired) electrons. The molecule has 0 fully saturated rings. The van der Waals surface area contributed by atoms with Crippen LogP contribution in [0.1, 0.15) is 148 Å². The lowest BCUT2D eigenvalue weighted by atomic mass is 10.1. The highest BCUT2D eigenvalue weighted by atomic mass is 31.2. The predicted octanol–water partition coefficient (Wildman–Crippen LogP) is 11.0. The van der Waals surface area contributed by atoms with E-state index in [4.69, 9.17) is 24.4 Å². The zero-order chi connectivity index (χ0) is 38.9. The molecule has 0 aromatic heterocycles. The Balaban J connectivity index is 4.10. The highest BCUT2D eigenvalue weighted by molar-refractivity contribution is 7.46. The van der Waals surface area contributed by atoms with E-state index in [0.29, 0.717) is 19.3 Å². The number of carbonyl (C=O) groups excluding carboxylic acids is 2. The molecule has 0 aromatic carbocycles. The fourth-order valence-corrected chi connectivity index (χ4v) is 5.30. The molecule has 10 heteroatoms. The molecule has 0 rings (SSSR count). The standard InChI is InChI=1S/C43H71O9P/c1-2-3-4-5-6-7-8-9-10-12-16-19-22-25-28-31-34-37-43(46)52-41(40-51-53(47,48)49)39-50-42(45)36-33-30-27-24-21-18-15-13-11-14-17-20-23-26-29-32-35-38-44/h6-7,9-11,14-16,18-20,23-24,27,41,44H,2-5,8,12-13,17,21-22,25-26,28-40H2,1H3,(H2,47,48,49)/b7-6-,10-9-,14-11-,18-15-,19-16-,23-20-,27-24-/t41-/m1/s1. The molecule has 0 aliphatic heterocycles. The van der Waals surface area contributed by atoms with Gasteiger partial charge in [-0.05, 0) is 96.3 Å². The summed E-state index contributed by atoms with van der Waals surface area (Å²) in [5, 5.41) is 8.77. The van der Waals surface area contributed by atoms with Crippen molar-refractivity contribution in [2.75, 3.05) is 19.8 Å². The van der Waals surface area contributed by atoms with Gasteiger partial charge < -0.3 is 24.4 Å². The zero-order valence-electron chi connectivity index (χ0n) is 32.6. The van der Waals surface area contributed by atoms with Crippen LogP contribution in [0.15, 0.2) is 85.1 Å². The molecule has 302 valence electrons. The smallest absolute Gasteiger partial charge is 0.462 e. The molecule has 0 amide bonds. The number of phosphoric acid groups is 1. The molecule has 0 bridgehead atoms. The molecule has 0 aliphatic carbocycles. The summed E-state index contributed by atoms with van der Waals surface area (Å²) < 4.78 is 26.3. The molecular weight excluding hydrogens is 691 g/mol. The number of rotatable bonds is 36. The van der Waals surface area contributed by atoms with Crippen molar-refractivity contribution in [2.24, 2.45) is 0 Å². The van der Waals surface area contributed by atoms with Crippen molar-refractivity contribution in [3.63, 3.8) is 0 Å². The van der Waals surface area contributed by atoms with E-state index < -0.39 is 32.5 Å². The van der Waals surface area contributed by atoms with Gasteiger partial charge in [-0.1, -0.05) is 124 Å². The summed E-state index contributed by atoms with van der Waals surface area (Å²) in [7, 11) is -4.78. The predicted molar refractivity (Wildman–Crippen MR) is 217 cm³/mol. The molecule has 53 heavy (non-hydrogen) atoms. The SMILES string of the molecule is CCCCC/C=C\C/C=C\C/C=C\CCCCCCC(=O)O[C@H](COC(=O)CCC/C=C\C/C=C\C/C=C\C/C=C\CCCCCO)COP(=O)(O)O. The molecule has 0 aliphatic rings. The maximum atomic E-state index is 12.4. The van der Waals surface area contributed by atoms with Crippen LogP contribution in [0.4, 0.5) is 0 Å². The average molecular weight is 763 g/mol. The largest absolute Gasteiger partial charge is 0.469 e. The van der Waals surface area contributed by atoms with Gasteiger partial charge in [0.05, 0.1) is 6.61 Å². The van der Waals surface area contributed by atoms with Crippen LogP contribution in [0.2, 0.25) is 0 Å². The van der Waals surface area contributed by atoms with Gasteiger partial charge in [0.15, 0.2) is 6.10 Å². The first-order chi connectivity index (χ1) is 25.8. The Morgan fingerprint density at radius 3 is 1.42 bits per heavy atom. The summed E-state index contributed by atoms with van der Waals surface area (Å²) in [5.74, 6) is -0.999. The number of unbranched alkanes of at least 4 members (excludes halogenated alkanes) is 11. The van der Waals surface area contributed by atoms with Crippen LogP contribution >= 0.6 is 7.82 Å². The van der Waals surface area contributed by atoms with Gasteiger partial charge >= 0.3 is 19.8 Å². The molecular formula is C43H71O9P. The Bertz CT molecular complexity index is 1130. The van der Waals surface area contributed by atoms with Gasteiger partial charge in [0.25, 0.3) is 0 Å². The van der Waals surface area contributed by atoms with Crippen molar-refractivity contribution in [2.45, 2.75) is 154 Å². The van der Waals surface area contributed by atoms with Crippen molar-refractivity contribution in [3.8, 4) is 0 Å². The van der Waals surface area contributed by atoms with E-state index in [9.17, 15) is 14.2 Å². The number of aliphatic hydroxyl groups excluding tert-OH is 1. The molecule has 0 heterocycles. The second kappa shape index (κ2) is 38.9. The fourth-order valence-electron chi connectivity index (χ4n) is 4.94. The Labute approximate surface area is 321 Å². The topological polar surface area (TPSA) is 140 Å². The van der Waals surface area contributed by atoms with E-state index in [-0.39, 0.29) is 26.1 Å². The van der Waals surface area contributed by atoms with E-state index in [1.165, 1.54) is 25.7 Å². The monoisotopic (exact) mass is 762 g/mol. The molecule has 0 unspecified atom stereocenters. The van der Waals surface area contributed by atoms with E-state index >= 15 is 0 Å². The molecule has 0 spiro atoms. The van der Waals surface area contributed by atoms with Gasteiger partial charge in [0.2, 0.25) is 0 Å². The van der Waals surface area contributed by atoms with Crippen molar-refractivity contribution >= 4 is 19.8 Å². The van der Waals surface area contributed by atoms with Gasteiger partial charge in [-0.2, -0.15) is 0 Å². The van der Waals surface area contributed by atoms with Gasteiger partial charge in [-0.25, -0.2) is 4.57 Å². The molecule has 3 N–H and O–H groups in total. The maximum absolute atomic E-state index is 12.4. The number of hydrogen-bond donors (Lipinski definition) is 3. The second-order valence-corrected chi connectivity index (χ2v) is 14.2. The van der Waals surface area contributed by atoms with Crippen molar-refractivity contribution in [1.29, 1.82) is 0 Å². The molecule has 9 nitrogen and oxygen atoms in total. The second-order valence-electron chi connectivity index (χ2n) is 13.0. The normalized spacial score (nSPS) is 13.4. The zero-order valence-corrected chi connectivity index (χ0v) is 33.5. The summed E-state index contributed by atoms with van der Waals surface area (Å²) in [6.07, 6.45) is 48.9. The molecule has 1 atom stereocenters. The maximum Gasteiger partial charge on any atom is 0.469 e. The number of allylic oxidation sites excluding steroid dienone is 14. The first-order valence-corrected chi connectivity index (χ1v) is 21.5. The first-order valence-electron chi connectivity index (χ1n) is 20.0. The number of carbonyl (C=O) groups is 2. The van der Waals surface area contributed by atoms with Crippen LogP contribution in [-0.2, 0) is 28.2 Å². The van der Waals surface area contributed by atoms with Crippen molar-refractivity contribution in [3.05, 3.63) is 85.1 Å². The van der Waals surface area contributed by atoms with E-state index in [0.717, 1.165) is 83.5 Å². The third-order valence-corrected chi connectivity index (χ3v) is 8.43. The number of hydrogen-bond acceptors (Lipinski definition) is 7. The minimum absolute atomic E-state index is 0.164. The third kappa shape index (κ3) is 41.8. The summed E-state index contributed by atoms with van der Waals surface area (Å²) >= 11 is 0. The quantitative estimate of drug-likeness (QED) is 0.0246. The first kappa shape index (κ1) is 50.2. The minimum Gasteiger partial charge on any atom is -0.462 e. The highest BCUT2D eigenvalue weighted by Gasteiger charge is 2.22. The van der Waals surface area contributed by atoms with E-state index in [1.807, 2.05) is 12.2 Å². The van der Waals surface area contributed by atoms with Crippen LogP contribution in [0.3, 0.4) is 0 Å². The Kier molecular flexibility index (Phi) is 36.8. The van der Waals surface area contributed by atoms with Gasteiger partial charge in [0.1, 0.15) is 6.61 Å². The van der Waals surface area contributed by atoms with Crippen molar-refractivity contribution in [1.82, 2.24) is 0 Å². The van der Waals surface area contributed by atoms with Crippen LogP contribution in [0.5, 0.6) is 0 Å². The van der Waals surface area contributed by atoms with Crippen LogP contribution in [0, 0.1) is 0 Å². The van der Waals surface area contributed by atoms with Gasteiger partial charge in [-0.3, -0.25) is 14.1 Å². The summed E-state index contributed by atoms with van der Waals surface area (Å²) in [4.78, 5) is 42.8. The number of esters is 2. The molecule has 0 saturated heterocycles. The fraction of sp³-hybridized carbons (Fsp3) is 0.628. The number of phosphoric ester groups is 1. The summed E-state index contributed by atoms with van der Waals surface area (Å²) in [6, 6.07) is 0. The van der Waals surface area contributed by atoms with Crippen LogP contribution in [-0.4, -0.2) is 52.8 Å². The lowest BCUT2D eigenvalue weighted by Gasteiger charge is -2.18. The highest BCUT2D eigenvalue weighted by Crippen LogP contribution is 2.36. The Morgan fingerprint density at radius 1 is 0.528 bits per heavy atom. The molecule has 0 aromatic rings. The van der Waals surface area contributed by atoms with Gasteiger partial charge in [0, 0.05) is 19.4 Å². The van der Waals surface area contributed by atoms with E-state index in [1.54, 1.807) is 0 Å². The van der Waals surface area contributed by atoms with Crippen molar-refractivity contribution < 1.29 is 43.0 Å². The Morgan fingerprint density at radius 2 is 0.943 bits per heavy atom. The molecule has 0 saturated carbocycles. The Hall–Kier alpha value is -2.81.